The Bertz CT molecular complexity index is 1080. The van der Waals surface area contributed by atoms with Crippen molar-refractivity contribution in [2.75, 3.05) is 11.9 Å². The molecule has 1 fully saturated rings. The van der Waals surface area contributed by atoms with Crippen molar-refractivity contribution in [1.82, 2.24) is 24.6 Å². The molecule has 1 saturated heterocycles. The van der Waals surface area contributed by atoms with Crippen LogP contribution in [-0.4, -0.2) is 37.2 Å². The number of pyridine rings is 2. The SMILES string of the molecule is Cc1cn(-c2ccc(C#N)cn2)nc1NC(=O)N1CC(C)(C)C1c1cccnc1. The van der Waals surface area contributed by atoms with Crippen molar-refractivity contribution in [3.8, 4) is 11.9 Å². The second-order valence-corrected chi connectivity index (χ2v) is 7.86. The predicted octanol–water partition coefficient (Wildman–Crippen LogP) is 3.46. The lowest BCUT2D eigenvalue weighted by Gasteiger charge is -2.54. The lowest BCUT2D eigenvalue weighted by Crippen LogP contribution is -2.59. The molecule has 1 N–H and O–H groups in total. The molecule has 4 heterocycles. The third kappa shape index (κ3) is 3.43. The molecule has 8 heteroatoms. The summed E-state index contributed by atoms with van der Waals surface area (Å²) in [4.78, 5) is 23.2. The summed E-state index contributed by atoms with van der Waals surface area (Å²) in [7, 11) is 0. The van der Waals surface area contributed by atoms with E-state index in [1.165, 1.54) is 6.20 Å². The van der Waals surface area contributed by atoms with Gasteiger partial charge >= 0.3 is 6.03 Å². The van der Waals surface area contributed by atoms with Gasteiger partial charge in [0.25, 0.3) is 0 Å². The standard InChI is InChI=1S/C21H21N7O/c1-14-12-28(17-7-6-15(9-22)10-24-17)26-19(14)25-20(29)27-13-21(2,3)18(27)16-5-4-8-23-11-16/h4-8,10-12,18H,13H2,1-3H3,(H,25,26,29). The third-order valence-corrected chi connectivity index (χ3v) is 5.12. The fourth-order valence-corrected chi connectivity index (χ4v) is 3.75. The molecule has 0 spiro atoms. The second-order valence-electron chi connectivity index (χ2n) is 7.86. The molecule has 0 aliphatic carbocycles. The number of aryl methyl sites for hydroxylation is 1. The van der Waals surface area contributed by atoms with Crippen molar-refractivity contribution in [3.63, 3.8) is 0 Å². The fraction of sp³-hybridized carbons (Fsp3) is 0.286. The van der Waals surface area contributed by atoms with Crippen LogP contribution in [0, 0.1) is 23.7 Å². The summed E-state index contributed by atoms with van der Waals surface area (Å²) < 4.78 is 1.59. The topological polar surface area (TPSA) is 99.7 Å². The number of hydrogen-bond acceptors (Lipinski definition) is 5. The average Bonchev–Trinajstić information content (AvgIpc) is 3.07. The minimum absolute atomic E-state index is 0.0266. The van der Waals surface area contributed by atoms with Crippen molar-refractivity contribution in [1.29, 1.82) is 5.26 Å². The molecule has 1 aliphatic rings. The zero-order valence-electron chi connectivity index (χ0n) is 16.5. The van der Waals surface area contributed by atoms with Crippen LogP contribution in [0.15, 0.2) is 49.1 Å². The van der Waals surface area contributed by atoms with E-state index in [2.05, 4.69) is 34.2 Å². The van der Waals surface area contributed by atoms with Crippen LogP contribution in [0.1, 0.15) is 36.6 Å². The smallest absolute Gasteiger partial charge is 0.316 e. The predicted molar refractivity (Wildman–Crippen MR) is 107 cm³/mol. The van der Waals surface area contributed by atoms with E-state index >= 15 is 0 Å². The lowest BCUT2D eigenvalue weighted by atomic mass is 9.72. The molecular weight excluding hydrogens is 366 g/mol. The summed E-state index contributed by atoms with van der Waals surface area (Å²) in [5, 5.41) is 16.3. The highest BCUT2D eigenvalue weighted by Crippen LogP contribution is 2.48. The van der Waals surface area contributed by atoms with Gasteiger partial charge in [-0.25, -0.2) is 14.5 Å². The molecule has 1 unspecified atom stereocenters. The van der Waals surface area contributed by atoms with Crippen LogP contribution in [0.3, 0.4) is 0 Å². The summed E-state index contributed by atoms with van der Waals surface area (Å²) in [6.07, 6.45) is 6.82. The van der Waals surface area contributed by atoms with E-state index in [4.69, 9.17) is 5.26 Å². The lowest BCUT2D eigenvalue weighted by molar-refractivity contribution is -0.0117. The molecule has 2 amide bonds. The number of likely N-dealkylation sites (tertiary alicyclic amines) is 1. The van der Waals surface area contributed by atoms with Crippen LogP contribution in [0.5, 0.6) is 0 Å². The molecule has 146 valence electrons. The number of nitrogens with one attached hydrogen (secondary N) is 1. The summed E-state index contributed by atoms with van der Waals surface area (Å²) >= 11 is 0. The Kier molecular flexibility index (Phi) is 4.51. The van der Waals surface area contributed by atoms with Gasteiger partial charge in [0.2, 0.25) is 0 Å². The zero-order valence-corrected chi connectivity index (χ0v) is 16.5. The third-order valence-electron chi connectivity index (χ3n) is 5.12. The number of carbonyl (C=O) groups excluding carboxylic acids is 1. The number of rotatable bonds is 3. The normalized spacial score (nSPS) is 17.3. The molecule has 0 saturated carbocycles. The number of aromatic nitrogens is 4. The van der Waals surface area contributed by atoms with Crippen LogP contribution in [0.25, 0.3) is 5.82 Å². The molecular formula is C21H21N7O. The molecule has 0 radical (unpaired) electrons. The number of urea groups is 1. The van der Waals surface area contributed by atoms with E-state index in [9.17, 15) is 4.79 Å². The minimum Gasteiger partial charge on any atom is -0.316 e. The first kappa shape index (κ1) is 18.6. The summed E-state index contributed by atoms with van der Waals surface area (Å²) in [5.74, 6) is 1.06. The van der Waals surface area contributed by atoms with E-state index in [-0.39, 0.29) is 17.5 Å². The molecule has 8 nitrogen and oxygen atoms in total. The second kappa shape index (κ2) is 7.02. The molecule has 1 aliphatic heterocycles. The number of hydrogen-bond donors (Lipinski definition) is 1. The van der Waals surface area contributed by atoms with E-state index in [1.54, 1.807) is 34.1 Å². The van der Waals surface area contributed by atoms with Gasteiger partial charge < -0.3 is 4.90 Å². The van der Waals surface area contributed by atoms with Crippen molar-refractivity contribution in [2.24, 2.45) is 5.41 Å². The van der Waals surface area contributed by atoms with Crippen molar-refractivity contribution in [3.05, 3.63) is 65.7 Å². The summed E-state index contributed by atoms with van der Waals surface area (Å²) in [6.45, 7) is 6.81. The van der Waals surface area contributed by atoms with Gasteiger partial charge in [0, 0.05) is 42.3 Å². The van der Waals surface area contributed by atoms with Gasteiger partial charge in [-0.05, 0) is 30.7 Å². The van der Waals surface area contributed by atoms with Gasteiger partial charge in [-0.2, -0.15) is 5.26 Å². The van der Waals surface area contributed by atoms with Crippen LogP contribution >= 0.6 is 0 Å². The van der Waals surface area contributed by atoms with Gasteiger partial charge in [0.05, 0.1) is 11.6 Å². The Morgan fingerprint density at radius 3 is 2.76 bits per heavy atom. The highest BCUT2D eigenvalue weighted by atomic mass is 16.2. The van der Waals surface area contributed by atoms with Crippen molar-refractivity contribution >= 4 is 11.8 Å². The van der Waals surface area contributed by atoms with Gasteiger partial charge in [0.15, 0.2) is 11.6 Å². The summed E-state index contributed by atoms with van der Waals surface area (Å²) in [5.41, 5.74) is 2.29. The number of carbonyl (C=O) groups is 1. The Morgan fingerprint density at radius 2 is 2.14 bits per heavy atom. The molecule has 3 aromatic heterocycles. The first-order valence-electron chi connectivity index (χ1n) is 9.29. The maximum Gasteiger partial charge on any atom is 0.323 e. The van der Waals surface area contributed by atoms with Gasteiger partial charge in [-0.3, -0.25) is 10.3 Å². The quantitative estimate of drug-likeness (QED) is 0.742. The molecule has 29 heavy (non-hydrogen) atoms. The van der Waals surface area contributed by atoms with Gasteiger partial charge in [0.1, 0.15) is 6.07 Å². The first-order chi connectivity index (χ1) is 13.9. The van der Waals surface area contributed by atoms with Crippen molar-refractivity contribution in [2.45, 2.75) is 26.8 Å². The Morgan fingerprint density at radius 1 is 1.31 bits per heavy atom. The minimum atomic E-state index is -0.195. The van der Waals surface area contributed by atoms with Crippen LogP contribution in [0.4, 0.5) is 10.6 Å². The van der Waals surface area contributed by atoms with E-state index in [1.807, 2.05) is 31.3 Å². The van der Waals surface area contributed by atoms with Gasteiger partial charge in [-0.1, -0.05) is 19.9 Å². The Labute approximate surface area is 168 Å². The maximum atomic E-state index is 12.9. The van der Waals surface area contributed by atoms with Crippen LogP contribution in [-0.2, 0) is 0 Å². The molecule has 3 aromatic rings. The Balaban J connectivity index is 1.53. The van der Waals surface area contributed by atoms with E-state index in [0.29, 0.717) is 23.7 Å². The van der Waals surface area contributed by atoms with Crippen LogP contribution in [0.2, 0.25) is 0 Å². The van der Waals surface area contributed by atoms with Crippen LogP contribution < -0.4 is 5.32 Å². The summed E-state index contributed by atoms with van der Waals surface area (Å²) in [6, 6.07) is 9.08. The number of anilines is 1. The number of nitriles is 1. The van der Waals surface area contributed by atoms with Gasteiger partial charge in [-0.15, -0.1) is 5.10 Å². The fourth-order valence-electron chi connectivity index (χ4n) is 3.75. The molecule has 4 rings (SSSR count). The Hall–Kier alpha value is -3.73. The largest absolute Gasteiger partial charge is 0.323 e. The van der Waals surface area contributed by atoms with E-state index in [0.717, 1.165) is 11.1 Å². The van der Waals surface area contributed by atoms with E-state index < -0.39 is 0 Å². The zero-order chi connectivity index (χ0) is 20.6. The monoisotopic (exact) mass is 387 g/mol. The average molecular weight is 387 g/mol. The molecule has 0 aromatic carbocycles. The maximum absolute atomic E-state index is 12.9. The number of amides is 2. The highest BCUT2D eigenvalue weighted by Gasteiger charge is 2.49. The first-order valence-corrected chi connectivity index (χ1v) is 9.29. The van der Waals surface area contributed by atoms with Crippen molar-refractivity contribution < 1.29 is 4.79 Å². The molecule has 0 bridgehead atoms. The highest BCUT2D eigenvalue weighted by molar-refractivity contribution is 5.90. The molecule has 1 atom stereocenters. The number of nitrogens with zero attached hydrogens (tertiary/aromatic N) is 6.